The molecule has 0 aromatic heterocycles. The topological polar surface area (TPSA) is 0 Å². The number of halogens is 1. The van der Waals surface area contributed by atoms with E-state index in [-0.39, 0.29) is 0 Å². The van der Waals surface area contributed by atoms with Crippen LogP contribution >= 0.6 is 15.9 Å². The summed E-state index contributed by atoms with van der Waals surface area (Å²) >= 11 is 3.39. The number of rotatable bonds is 1. The van der Waals surface area contributed by atoms with Crippen LogP contribution in [-0.4, -0.2) is 5.33 Å². The lowest BCUT2D eigenvalue weighted by molar-refractivity contribution is 1.55. The fraction of sp³-hybridized carbons (Fsp3) is 0.111. The van der Waals surface area contributed by atoms with E-state index in [2.05, 4.69) is 28.1 Å². The molecular formula is C9H9Br. The molecule has 1 aliphatic carbocycles. The van der Waals surface area contributed by atoms with Crippen molar-refractivity contribution in [3.8, 4) is 0 Å². The fourth-order valence-electron chi connectivity index (χ4n) is 0.695. The third-order valence-electron chi connectivity index (χ3n) is 1.22. The number of alkyl halides is 1. The molecule has 0 fully saturated rings. The molecule has 0 aliphatic heterocycles. The lowest BCUT2D eigenvalue weighted by Gasteiger charge is -1.92. The van der Waals surface area contributed by atoms with E-state index in [0.29, 0.717) is 0 Å². The summed E-state index contributed by atoms with van der Waals surface area (Å²) in [6.07, 6.45) is 14.3. The van der Waals surface area contributed by atoms with E-state index in [1.165, 1.54) is 5.57 Å². The van der Waals surface area contributed by atoms with Crippen LogP contribution in [0.25, 0.3) is 0 Å². The normalized spacial score (nSPS) is 31.1. The molecule has 0 amide bonds. The van der Waals surface area contributed by atoms with Gasteiger partial charge in [-0.3, -0.25) is 0 Å². The molecule has 1 rings (SSSR count). The molecule has 0 bridgehead atoms. The molecule has 0 saturated heterocycles. The summed E-state index contributed by atoms with van der Waals surface area (Å²) in [5.41, 5.74) is 1.29. The average Bonchev–Trinajstić information content (AvgIpc) is 1.87. The smallest absolute Gasteiger partial charge is 0.0283 e. The summed E-state index contributed by atoms with van der Waals surface area (Å²) in [5, 5.41) is 0.918. The average molecular weight is 197 g/mol. The maximum absolute atomic E-state index is 3.39. The van der Waals surface area contributed by atoms with Crippen LogP contribution in [0, 0.1) is 0 Å². The van der Waals surface area contributed by atoms with Gasteiger partial charge in [0, 0.05) is 5.33 Å². The van der Waals surface area contributed by atoms with Crippen molar-refractivity contribution in [2.24, 2.45) is 0 Å². The van der Waals surface area contributed by atoms with Gasteiger partial charge in [0.15, 0.2) is 0 Å². The molecule has 52 valence electrons. The van der Waals surface area contributed by atoms with Gasteiger partial charge < -0.3 is 0 Å². The number of allylic oxidation sites excluding steroid dienone is 8. The minimum absolute atomic E-state index is 0.918. The minimum Gasteiger partial charge on any atom is -0.0876 e. The van der Waals surface area contributed by atoms with E-state index in [4.69, 9.17) is 0 Å². The molecule has 0 atom stereocenters. The standard InChI is InChI=1S/C9H9Br/c10-8-9-6-4-2-1-3-5-7-9/h1-7H,8H2/b2-1-,3-1?,4-2?,5-3-,6-4-,7-5?,9-6?,9-7+. The first kappa shape index (κ1) is 7.55. The van der Waals surface area contributed by atoms with Crippen LogP contribution in [0.4, 0.5) is 0 Å². The molecule has 0 unspecified atom stereocenters. The summed E-state index contributed by atoms with van der Waals surface area (Å²) < 4.78 is 0. The molecular weight excluding hydrogens is 188 g/mol. The van der Waals surface area contributed by atoms with Gasteiger partial charge in [0.1, 0.15) is 0 Å². The molecule has 10 heavy (non-hydrogen) atoms. The predicted molar refractivity (Wildman–Crippen MR) is 49.3 cm³/mol. The SMILES string of the molecule is BrCC1=C/C=C\C=C/C=C\1. The summed E-state index contributed by atoms with van der Waals surface area (Å²) in [6.45, 7) is 0. The van der Waals surface area contributed by atoms with Crippen molar-refractivity contribution >= 4 is 15.9 Å². The Hall–Kier alpha value is -0.560. The lowest BCUT2D eigenvalue weighted by Crippen LogP contribution is -1.77. The highest BCUT2D eigenvalue weighted by Gasteiger charge is 1.85. The van der Waals surface area contributed by atoms with Crippen LogP contribution in [0.15, 0.2) is 48.1 Å². The number of hydrogen-bond donors (Lipinski definition) is 0. The van der Waals surface area contributed by atoms with E-state index in [1.807, 2.05) is 30.4 Å². The van der Waals surface area contributed by atoms with Crippen LogP contribution in [0.5, 0.6) is 0 Å². The zero-order chi connectivity index (χ0) is 7.23. The first-order valence-corrected chi connectivity index (χ1v) is 4.32. The van der Waals surface area contributed by atoms with Crippen molar-refractivity contribution < 1.29 is 0 Å². The summed E-state index contributed by atoms with van der Waals surface area (Å²) in [4.78, 5) is 0. The lowest BCUT2D eigenvalue weighted by atomic mass is 10.2. The van der Waals surface area contributed by atoms with E-state index in [0.717, 1.165) is 5.33 Å². The Balaban J connectivity index is 2.73. The van der Waals surface area contributed by atoms with Gasteiger partial charge in [0.05, 0.1) is 0 Å². The van der Waals surface area contributed by atoms with Crippen molar-refractivity contribution in [2.45, 2.75) is 0 Å². The summed E-state index contributed by atoms with van der Waals surface area (Å²) in [6, 6.07) is 0. The van der Waals surface area contributed by atoms with Crippen LogP contribution in [0.3, 0.4) is 0 Å². The summed E-state index contributed by atoms with van der Waals surface area (Å²) in [5.74, 6) is 0. The summed E-state index contributed by atoms with van der Waals surface area (Å²) in [7, 11) is 0. The molecule has 1 aliphatic rings. The van der Waals surface area contributed by atoms with E-state index < -0.39 is 0 Å². The zero-order valence-electron chi connectivity index (χ0n) is 5.63. The van der Waals surface area contributed by atoms with Crippen molar-refractivity contribution in [3.63, 3.8) is 0 Å². The molecule has 0 N–H and O–H groups in total. The van der Waals surface area contributed by atoms with Crippen molar-refractivity contribution in [3.05, 3.63) is 48.1 Å². The molecule has 0 saturated carbocycles. The highest BCUT2D eigenvalue weighted by Crippen LogP contribution is 2.03. The van der Waals surface area contributed by atoms with E-state index >= 15 is 0 Å². The van der Waals surface area contributed by atoms with E-state index in [9.17, 15) is 0 Å². The monoisotopic (exact) mass is 196 g/mol. The molecule has 0 spiro atoms. The Bertz CT molecular complexity index is 207. The third-order valence-corrected chi connectivity index (χ3v) is 1.87. The van der Waals surface area contributed by atoms with Gasteiger partial charge in [-0.05, 0) is 5.57 Å². The molecule has 0 nitrogen and oxygen atoms in total. The van der Waals surface area contributed by atoms with Crippen LogP contribution in [0.2, 0.25) is 0 Å². The number of hydrogen-bond acceptors (Lipinski definition) is 0. The van der Waals surface area contributed by atoms with Crippen LogP contribution in [-0.2, 0) is 0 Å². The quantitative estimate of drug-likeness (QED) is 0.567. The fourth-order valence-corrected chi connectivity index (χ4v) is 1.07. The van der Waals surface area contributed by atoms with Gasteiger partial charge in [-0.25, -0.2) is 0 Å². The van der Waals surface area contributed by atoms with Gasteiger partial charge in [-0.1, -0.05) is 58.5 Å². The zero-order valence-corrected chi connectivity index (χ0v) is 7.21. The largest absolute Gasteiger partial charge is 0.0876 e. The first-order valence-electron chi connectivity index (χ1n) is 3.20. The maximum atomic E-state index is 3.39. The van der Waals surface area contributed by atoms with Crippen LogP contribution < -0.4 is 0 Å². The van der Waals surface area contributed by atoms with Crippen molar-refractivity contribution in [2.75, 3.05) is 5.33 Å². The minimum atomic E-state index is 0.918. The van der Waals surface area contributed by atoms with Gasteiger partial charge >= 0.3 is 0 Å². The van der Waals surface area contributed by atoms with Crippen molar-refractivity contribution in [1.82, 2.24) is 0 Å². The van der Waals surface area contributed by atoms with Crippen molar-refractivity contribution in [1.29, 1.82) is 0 Å². The highest BCUT2D eigenvalue weighted by atomic mass is 79.9. The molecule has 0 heterocycles. The Morgan fingerprint density at radius 3 is 2.50 bits per heavy atom. The highest BCUT2D eigenvalue weighted by molar-refractivity contribution is 9.09. The second-order valence-electron chi connectivity index (χ2n) is 2.00. The molecule has 0 radical (unpaired) electrons. The Morgan fingerprint density at radius 1 is 1.00 bits per heavy atom. The van der Waals surface area contributed by atoms with Gasteiger partial charge in [0.25, 0.3) is 0 Å². The molecule has 1 heteroatoms. The Labute approximate surface area is 69.8 Å². The third kappa shape index (κ3) is 2.36. The first-order chi connectivity index (χ1) is 4.93. The predicted octanol–water partition coefficient (Wildman–Crippen LogP) is 2.99. The maximum Gasteiger partial charge on any atom is 0.0283 e. The second kappa shape index (κ2) is 4.29. The van der Waals surface area contributed by atoms with E-state index in [1.54, 1.807) is 0 Å². The van der Waals surface area contributed by atoms with Gasteiger partial charge in [0.2, 0.25) is 0 Å². The Morgan fingerprint density at radius 2 is 1.70 bits per heavy atom. The molecule has 0 aromatic rings. The molecule has 0 aromatic carbocycles. The van der Waals surface area contributed by atoms with Crippen LogP contribution in [0.1, 0.15) is 0 Å². The van der Waals surface area contributed by atoms with Gasteiger partial charge in [-0.2, -0.15) is 0 Å². The second-order valence-corrected chi connectivity index (χ2v) is 2.56. The van der Waals surface area contributed by atoms with Gasteiger partial charge in [-0.15, -0.1) is 0 Å². The Kier molecular flexibility index (Phi) is 3.23.